The molecule has 0 saturated heterocycles. The Bertz CT molecular complexity index is 283. The predicted octanol–water partition coefficient (Wildman–Crippen LogP) is 1.17. The Balaban J connectivity index is 2.73. The van der Waals surface area contributed by atoms with E-state index in [1.54, 1.807) is 0 Å². The molecule has 1 aromatic heterocycles. The van der Waals surface area contributed by atoms with Gasteiger partial charge in [0, 0.05) is 31.1 Å². The van der Waals surface area contributed by atoms with Crippen LogP contribution in [0.2, 0.25) is 0 Å². The molecular weight excluding hydrogens is 196 g/mol. The fraction of sp³-hybridized carbons (Fsp3) is 0.556. The first kappa shape index (κ1) is 11.1. The molecule has 0 spiro atoms. The average molecular weight is 212 g/mol. The lowest BCUT2D eigenvalue weighted by Crippen LogP contribution is -2.22. The van der Waals surface area contributed by atoms with Crippen molar-refractivity contribution < 1.29 is 0 Å². The van der Waals surface area contributed by atoms with Crippen molar-refractivity contribution in [2.75, 3.05) is 36.2 Å². The van der Waals surface area contributed by atoms with Gasteiger partial charge in [0.15, 0.2) is 0 Å². The van der Waals surface area contributed by atoms with Crippen LogP contribution >= 0.6 is 11.8 Å². The first-order valence-electron chi connectivity index (χ1n) is 4.44. The molecule has 0 aliphatic rings. The molecule has 0 amide bonds. The molecule has 0 bridgehead atoms. The maximum Gasteiger partial charge on any atom is 0.222 e. The van der Waals surface area contributed by atoms with E-state index < -0.39 is 0 Å². The largest absolute Gasteiger partial charge is 0.368 e. The van der Waals surface area contributed by atoms with Crippen LogP contribution in [0, 0.1) is 6.92 Å². The zero-order chi connectivity index (χ0) is 10.6. The van der Waals surface area contributed by atoms with Gasteiger partial charge in [-0.3, -0.25) is 0 Å². The Hall–Kier alpha value is -0.970. The molecule has 0 atom stereocenters. The lowest BCUT2D eigenvalue weighted by molar-refractivity contribution is 0.934. The molecule has 1 heterocycles. The van der Waals surface area contributed by atoms with Gasteiger partial charge in [0.2, 0.25) is 5.95 Å². The summed E-state index contributed by atoms with van der Waals surface area (Å²) in [5.74, 6) is 2.32. The van der Waals surface area contributed by atoms with Crippen LogP contribution in [0.25, 0.3) is 0 Å². The standard InChI is InChI=1S/C9H16N4S/c1-7-6-8(12-9(10)11-7)13(2)4-5-14-3/h6H,4-5H2,1-3H3,(H2,10,11,12). The summed E-state index contributed by atoms with van der Waals surface area (Å²) in [6.07, 6.45) is 2.09. The first-order valence-corrected chi connectivity index (χ1v) is 5.84. The minimum absolute atomic E-state index is 0.344. The van der Waals surface area contributed by atoms with Gasteiger partial charge in [-0.25, -0.2) is 4.98 Å². The summed E-state index contributed by atoms with van der Waals surface area (Å²) < 4.78 is 0. The van der Waals surface area contributed by atoms with Crippen LogP contribution in [-0.4, -0.2) is 35.6 Å². The van der Waals surface area contributed by atoms with Crippen LogP contribution < -0.4 is 10.6 Å². The van der Waals surface area contributed by atoms with Gasteiger partial charge in [0.1, 0.15) is 5.82 Å². The van der Waals surface area contributed by atoms with Gasteiger partial charge >= 0.3 is 0 Å². The monoisotopic (exact) mass is 212 g/mol. The van der Waals surface area contributed by atoms with Gasteiger partial charge in [0.25, 0.3) is 0 Å². The van der Waals surface area contributed by atoms with Gasteiger partial charge in [-0.2, -0.15) is 16.7 Å². The van der Waals surface area contributed by atoms with Crippen molar-refractivity contribution in [3.05, 3.63) is 11.8 Å². The van der Waals surface area contributed by atoms with Crippen LogP contribution in [-0.2, 0) is 0 Å². The van der Waals surface area contributed by atoms with E-state index in [0.717, 1.165) is 23.8 Å². The Labute approximate surface area is 88.9 Å². The van der Waals surface area contributed by atoms with Crippen molar-refractivity contribution in [1.82, 2.24) is 9.97 Å². The van der Waals surface area contributed by atoms with Crippen molar-refractivity contribution in [2.45, 2.75) is 6.92 Å². The highest BCUT2D eigenvalue weighted by Gasteiger charge is 2.04. The van der Waals surface area contributed by atoms with Crippen molar-refractivity contribution in [3.8, 4) is 0 Å². The topological polar surface area (TPSA) is 55.0 Å². The summed E-state index contributed by atoms with van der Waals surface area (Å²) in [4.78, 5) is 10.3. The zero-order valence-electron chi connectivity index (χ0n) is 8.82. The summed E-state index contributed by atoms with van der Waals surface area (Å²) in [6, 6.07) is 1.94. The molecule has 4 nitrogen and oxygen atoms in total. The van der Waals surface area contributed by atoms with Gasteiger partial charge in [-0.1, -0.05) is 0 Å². The SMILES string of the molecule is CSCCN(C)c1cc(C)nc(N)n1. The second-order valence-corrected chi connectivity index (χ2v) is 4.13. The predicted molar refractivity (Wildman–Crippen MR) is 62.8 cm³/mol. The maximum atomic E-state index is 5.57. The smallest absolute Gasteiger partial charge is 0.222 e. The van der Waals surface area contributed by atoms with E-state index in [2.05, 4.69) is 21.1 Å². The molecular formula is C9H16N4S. The van der Waals surface area contributed by atoms with Crippen LogP contribution in [0.15, 0.2) is 6.07 Å². The number of nitrogen functional groups attached to an aromatic ring is 1. The number of hydrogen-bond donors (Lipinski definition) is 1. The molecule has 1 aromatic rings. The Morgan fingerprint density at radius 2 is 2.21 bits per heavy atom. The van der Waals surface area contributed by atoms with E-state index in [-0.39, 0.29) is 0 Å². The molecule has 1 rings (SSSR count). The summed E-state index contributed by atoms with van der Waals surface area (Å²) in [5.41, 5.74) is 6.48. The van der Waals surface area contributed by atoms with Gasteiger partial charge < -0.3 is 10.6 Å². The van der Waals surface area contributed by atoms with Crippen LogP contribution in [0.3, 0.4) is 0 Å². The summed E-state index contributed by atoms with van der Waals surface area (Å²) in [5, 5.41) is 0. The van der Waals surface area contributed by atoms with Crippen molar-refractivity contribution in [2.24, 2.45) is 0 Å². The summed E-state index contributed by atoms with van der Waals surface area (Å²) in [7, 11) is 2.01. The number of thioether (sulfide) groups is 1. The molecule has 0 aliphatic heterocycles. The van der Waals surface area contributed by atoms with E-state index in [1.807, 2.05) is 31.8 Å². The van der Waals surface area contributed by atoms with Crippen molar-refractivity contribution in [1.29, 1.82) is 0 Å². The second kappa shape index (κ2) is 5.05. The highest BCUT2D eigenvalue weighted by atomic mass is 32.2. The molecule has 2 N–H and O–H groups in total. The van der Waals surface area contributed by atoms with E-state index >= 15 is 0 Å². The Morgan fingerprint density at radius 3 is 2.79 bits per heavy atom. The summed E-state index contributed by atoms with van der Waals surface area (Å²) >= 11 is 1.82. The Morgan fingerprint density at radius 1 is 1.50 bits per heavy atom. The number of aryl methyl sites for hydroxylation is 1. The fourth-order valence-corrected chi connectivity index (χ4v) is 1.57. The zero-order valence-corrected chi connectivity index (χ0v) is 9.64. The lowest BCUT2D eigenvalue weighted by atomic mass is 10.4. The molecule has 0 fully saturated rings. The first-order chi connectivity index (χ1) is 6.63. The van der Waals surface area contributed by atoms with Crippen LogP contribution in [0.4, 0.5) is 11.8 Å². The van der Waals surface area contributed by atoms with Crippen molar-refractivity contribution in [3.63, 3.8) is 0 Å². The number of hydrogen-bond acceptors (Lipinski definition) is 5. The minimum Gasteiger partial charge on any atom is -0.368 e. The molecule has 78 valence electrons. The van der Waals surface area contributed by atoms with Gasteiger partial charge in [-0.05, 0) is 13.2 Å². The van der Waals surface area contributed by atoms with E-state index in [9.17, 15) is 0 Å². The van der Waals surface area contributed by atoms with Gasteiger partial charge in [0.05, 0.1) is 0 Å². The highest BCUT2D eigenvalue weighted by Crippen LogP contribution is 2.11. The highest BCUT2D eigenvalue weighted by molar-refractivity contribution is 7.98. The van der Waals surface area contributed by atoms with E-state index in [4.69, 9.17) is 5.73 Å². The molecule has 0 unspecified atom stereocenters. The third-order valence-corrected chi connectivity index (χ3v) is 2.47. The molecule has 0 aromatic carbocycles. The maximum absolute atomic E-state index is 5.57. The Kier molecular flexibility index (Phi) is 4.00. The van der Waals surface area contributed by atoms with Crippen molar-refractivity contribution >= 4 is 23.5 Å². The molecule has 0 radical (unpaired) electrons. The lowest BCUT2D eigenvalue weighted by Gasteiger charge is -2.17. The van der Waals surface area contributed by atoms with E-state index in [1.165, 1.54) is 0 Å². The number of nitrogens with zero attached hydrogens (tertiary/aromatic N) is 3. The molecule has 0 aliphatic carbocycles. The fourth-order valence-electron chi connectivity index (χ4n) is 1.11. The quantitative estimate of drug-likeness (QED) is 0.812. The molecule has 0 saturated carbocycles. The third-order valence-electron chi connectivity index (χ3n) is 1.88. The second-order valence-electron chi connectivity index (χ2n) is 3.14. The number of rotatable bonds is 4. The van der Waals surface area contributed by atoms with Crippen LogP contribution in [0.5, 0.6) is 0 Å². The normalized spacial score (nSPS) is 10.2. The number of anilines is 2. The minimum atomic E-state index is 0.344. The molecule has 5 heteroatoms. The number of nitrogens with two attached hydrogens (primary N) is 1. The van der Waals surface area contributed by atoms with Crippen LogP contribution in [0.1, 0.15) is 5.69 Å². The number of aromatic nitrogens is 2. The average Bonchev–Trinajstić information content (AvgIpc) is 2.12. The third kappa shape index (κ3) is 3.06. The molecule has 14 heavy (non-hydrogen) atoms. The summed E-state index contributed by atoms with van der Waals surface area (Å²) in [6.45, 7) is 2.89. The van der Waals surface area contributed by atoms with Gasteiger partial charge in [-0.15, -0.1) is 0 Å². The van der Waals surface area contributed by atoms with E-state index in [0.29, 0.717) is 5.95 Å².